The van der Waals surface area contributed by atoms with Gasteiger partial charge in [0.15, 0.2) is 0 Å². The number of anilines is 1. The Morgan fingerprint density at radius 2 is 2.24 bits per heavy atom. The maximum Gasteiger partial charge on any atom is 0.338 e. The number of carboxylic acids is 1. The normalized spacial score (nSPS) is 15.8. The van der Waals surface area contributed by atoms with Gasteiger partial charge in [-0.25, -0.2) is 9.18 Å². The lowest BCUT2D eigenvalue weighted by Crippen LogP contribution is -2.46. The molecule has 1 aromatic carbocycles. The smallest absolute Gasteiger partial charge is 0.338 e. The molecule has 0 atom stereocenters. The minimum Gasteiger partial charge on any atom is -0.478 e. The summed E-state index contributed by atoms with van der Waals surface area (Å²) in [4.78, 5) is 12.9. The van der Waals surface area contributed by atoms with Crippen molar-refractivity contribution in [1.82, 2.24) is 0 Å². The van der Waals surface area contributed by atoms with E-state index in [1.807, 2.05) is 0 Å². The molecule has 0 aliphatic carbocycles. The van der Waals surface area contributed by atoms with Gasteiger partial charge in [-0.15, -0.1) is 0 Å². The average Bonchev–Trinajstić information content (AvgIpc) is 2.24. The van der Waals surface area contributed by atoms with Crippen molar-refractivity contribution in [3.63, 3.8) is 0 Å². The van der Waals surface area contributed by atoms with E-state index in [0.29, 0.717) is 5.92 Å². The number of aromatic carboxylic acids is 1. The monoisotopic (exact) mass is 237 g/mol. The summed E-state index contributed by atoms with van der Waals surface area (Å²) in [6, 6.07) is 4.29. The number of benzene rings is 1. The van der Waals surface area contributed by atoms with Gasteiger partial charge in [0.25, 0.3) is 0 Å². The average molecular weight is 237 g/mol. The summed E-state index contributed by atoms with van der Waals surface area (Å²) >= 11 is 0. The Hall–Kier alpha value is -1.58. The lowest BCUT2D eigenvalue weighted by atomic mass is 9.94. The second-order valence-corrected chi connectivity index (χ2v) is 4.53. The van der Waals surface area contributed by atoms with E-state index in [0.717, 1.165) is 18.8 Å². The third-order valence-electron chi connectivity index (χ3n) is 3.20. The molecule has 0 aromatic heterocycles. The van der Waals surface area contributed by atoms with Crippen LogP contribution in [0.5, 0.6) is 0 Å². The van der Waals surface area contributed by atoms with E-state index in [9.17, 15) is 9.18 Å². The van der Waals surface area contributed by atoms with E-state index in [1.165, 1.54) is 25.0 Å². The Morgan fingerprint density at radius 1 is 1.53 bits per heavy atom. The van der Waals surface area contributed by atoms with Crippen LogP contribution in [0.4, 0.5) is 10.1 Å². The van der Waals surface area contributed by atoms with E-state index in [4.69, 9.17) is 5.11 Å². The summed E-state index contributed by atoms with van der Waals surface area (Å²) in [7, 11) is 0. The van der Waals surface area contributed by atoms with Crippen molar-refractivity contribution in [2.75, 3.05) is 18.0 Å². The second-order valence-electron chi connectivity index (χ2n) is 4.53. The van der Waals surface area contributed by atoms with Crippen molar-refractivity contribution in [3.8, 4) is 0 Å². The van der Waals surface area contributed by atoms with Crippen LogP contribution in [0.25, 0.3) is 0 Å². The van der Waals surface area contributed by atoms with Crippen molar-refractivity contribution in [1.29, 1.82) is 0 Å². The van der Waals surface area contributed by atoms with Crippen LogP contribution in [-0.4, -0.2) is 24.2 Å². The van der Waals surface area contributed by atoms with Crippen LogP contribution in [0, 0.1) is 11.7 Å². The van der Waals surface area contributed by atoms with Crippen molar-refractivity contribution in [2.45, 2.75) is 19.8 Å². The SMILES string of the molecule is CCCC1CN(c2ccc(F)c(C(=O)O)c2)C1. The van der Waals surface area contributed by atoms with Gasteiger partial charge in [0.2, 0.25) is 0 Å². The van der Waals surface area contributed by atoms with E-state index < -0.39 is 11.8 Å². The van der Waals surface area contributed by atoms with Crippen LogP contribution < -0.4 is 4.90 Å². The lowest BCUT2D eigenvalue weighted by Gasteiger charge is -2.41. The van der Waals surface area contributed by atoms with Crippen LogP contribution in [-0.2, 0) is 0 Å². The summed E-state index contributed by atoms with van der Waals surface area (Å²) in [5, 5.41) is 8.84. The summed E-state index contributed by atoms with van der Waals surface area (Å²) in [5.41, 5.74) is 0.553. The first-order valence-electron chi connectivity index (χ1n) is 5.89. The molecule has 1 N–H and O–H groups in total. The maximum atomic E-state index is 13.2. The number of hydrogen-bond acceptors (Lipinski definition) is 2. The molecule has 0 bridgehead atoms. The molecule has 1 aliphatic heterocycles. The van der Waals surface area contributed by atoms with Gasteiger partial charge in [-0.2, -0.15) is 0 Å². The molecule has 3 nitrogen and oxygen atoms in total. The highest BCUT2D eigenvalue weighted by atomic mass is 19.1. The largest absolute Gasteiger partial charge is 0.478 e. The molecule has 1 saturated heterocycles. The van der Waals surface area contributed by atoms with Crippen LogP contribution in [0.3, 0.4) is 0 Å². The molecule has 1 heterocycles. The van der Waals surface area contributed by atoms with Crippen LogP contribution in [0.2, 0.25) is 0 Å². The van der Waals surface area contributed by atoms with Gasteiger partial charge >= 0.3 is 5.97 Å². The number of carboxylic acid groups (broad SMARTS) is 1. The summed E-state index contributed by atoms with van der Waals surface area (Å²) in [6.45, 7) is 4.04. The number of carbonyl (C=O) groups is 1. The Bertz CT molecular complexity index is 427. The van der Waals surface area contributed by atoms with E-state index in [-0.39, 0.29) is 5.56 Å². The highest BCUT2D eigenvalue weighted by molar-refractivity contribution is 5.89. The van der Waals surface area contributed by atoms with E-state index in [2.05, 4.69) is 11.8 Å². The minimum atomic E-state index is -1.21. The van der Waals surface area contributed by atoms with Crippen LogP contribution in [0.1, 0.15) is 30.1 Å². The van der Waals surface area contributed by atoms with Crippen LogP contribution in [0.15, 0.2) is 18.2 Å². The van der Waals surface area contributed by atoms with Crippen molar-refractivity contribution in [2.24, 2.45) is 5.92 Å². The standard InChI is InChI=1S/C13H16FNO2/c1-2-3-9-7-15(8-9)10-4-5-12(14)11(6-10)13(16)17/h4-6,9H,2-3,7-8H2,1H3,(H,16,17). The molecule has 0 spiro atoms. The molecule has 2 rings (SSSR count). The van der Waals surface area contributed by atoms with Crippen molar-refractivity contribution >= 4 is 11.7 Å². The zero-order valence-corrected chi connectivity index (χ0v) is 9.82. The molecule has 0 radical (unpaired) electrons. The molecule has 1 aromatic rings. The van der Waals surface area contributed by atoms with Gasteiger partial charge in [0, 0.05) is 18.8 Å². The molecule has 0 saturated carbocycles. The fourth-order valence-corrected chi connectivity index (χ4v) is 2.25. The fraction of sp³-hybridized carbons (Fsp3) is 0.462. The van der Waals surface area contributed by atoms with Gasteiger partial charge in [-0.05, 0) is 30.5 Å². The van der Waals surface area contributed by atoms with Crippen molar-refractivity contribution < 1.29 is 14.3 Å². The fourth-order valence-electron chi connectivity index (χ4n) is 2.25. The first-order valence-corrected chi connectivity index (χ1v) is 5.89. The molecule has 0 unspecified atom stereocenters. The highest BCUT2D eigenvalue weighted by Gasteiger charge is 2.26. The van der Waals surface area contributed by atoms with Gasteiger partial charge in [-0.3, -0.25) is 0 Å². The van der Waals surface area contributed by atoms with Crippen molar-refractivity contribution in [3.05, 3.63) is 29.6 Å². The molecule has 0 amide bonds. The Balaban J connectivity index is 2.08. The molecule has 17 heavy (non-hydrogen) atoms. The number of rotatable bonds is 4. The Labute approximate surface area is 99.9 Å². The molecule has 1 aliphatic rings. The molecule has 1 fully saturated rings. The third kappa shape index (κ3) is 2.40. The van der Waals surface area contributed by atoms with Gasteiger partial charge in [0.1, 0.15) is 5.82 Å². The van der Waals surface area contributed by atoms with E-state index in [1.54, 1.807) is 6.07 Å². The lowest BCUT2D eigenvalue weighted by molar-refractivity contribution is 0.0692. The zero-order valence-electron chi connectivity index (χ0n) is 9.82. The Kier molecular flexibility index (Phi) is 3.31. The van der Waals surface area contributed by atoms with Crippen LogP contribution >= 0.6 is 0 Å². The zero-order chi connectivity index (χ0) is 12.4. The molecule has 92 valence electrons. The van der Waals surface area contributed by atoms with Gasteiger partial charge in [0.05, 0.1) is 5.56 Å². The first-order chi connectivity index (χ1) is 8.11. The minimum absolute atomic E-state index is 0.249. The molecule has 4 heteroatoms. The predicted octanol–water partition coefficient (Wildman–Crippen LogP) is 2.76. The predicted molar refractivity (Wildman–Crippen MR) is 64.0 cm³/mol. The summed E-state index contributed by atoms with van der Waals surface area (Å²) in [6.07, 6.45) is 2.37. The summed E-state index contributed by atoms with van der Waals surface area (Å²) < 4.78 is 13.2. The van der Waals surface area contributed by atoms with Gasteiger partial charge < -0.3 is 10.0 Å². The first kappa shape index (κ1) is 11.9. The second kappa shape index (κ2) is 4.73. The molecular weight excluding hydrogens is 221 g/mol. The Morgan fingerprint density at radius 3 is 2.82 bits per heavy atom. The number of nitrogens with zero attached hydrogens (tertiary/aromatic N) is 1. The topological polar surface area (TPSA) is 40.5 Å². The maximum absolute atomic E-state index is 13.2. The third-order valence-corrected chi connectivity index (χ3v) is 3.20. The summed E-state index contributed by atoms with van der Waals surface area (Å²) in [5.74, 6) is -1.19. The molecular formula is C13H16FNO2. The highest BCUT2D eigenvalue weighted by Crippen LogP contribution is 2.28. The number of halogens is 1. The number of hydrogen-bond donors (Lipinski definition) is 1. The van der Waals surface area contributed by atoms with E-state index >= 15 is 0 Å². The van der Waals surface area contributed by atoms with Gasteiger partial charge in [-0.1, -0.05) is 13.3 Å². The quantitative estimate of drug-likeness (QED) is 0.875.